The second-order valence-corrected chi connectivity index (χ2v) is 6.33. The summed E-state index contributed by atoms with van der Waals surface area (Å²) in [6.07, 6.45) is -4.33. The van der Waals surface area contributed by atoms with E-state index in [9.17, 15) is 22.8 Å². The Bertz CT molecular complexity index is 604. The normalized spacial score (nSPS) is 12.4. The van der Waals surface area contributed by atoms with Gasteiger partial charge in [-0.05, 0) is 43.5 Å². The van der Waals surface area contributed by atoms with E-state index in [1.54, 1.807) is 6.92 Å². The summed E-state index contributed by atoms with van der Waals surface area (Å²) in [7, 11) is 0. The summed E-state index contributed by atoms with van der Waals surface area (Å²) in [5, 5.41) is 5.39. The van der Waals surface area contributed by atoms with E-state index in [4.69, 9.17) is 4.74 Å². The second-order valence-electron chi connectivity index (χ2n) is 6.33. The molecule has 0 heterocycles. The van der Waals surface area contributed by atoms with Crippen LogP contribution >= 0.6 is 0 Å². The number of ether oxygens (including phenoxy) is 2. The van der Waals surface area contributed by atoms with E-state index in [1.807, 2.05) is 13.8 Å². The number of nitrogens with one attached hydrogen (secondary N) is 2. The van der Waals surface area contributed by atoms with Crippen LogP contribution in [0.1, 0.15) is 37.6 Å². The maximum Gasteiger partial charge on any atom is 0.422 e. The molecule has 0 bridgehead atoms. The molecule has 1 rings (SSSR count). The number of hydrogen-bond donors (Lipinski definition) is 2. The van der Waals surface area contributed by atoms with Gasteiger partial charge in [-0.25, -0.2) is 4.79 Å². The summed E-state index contributed by atoms with van der Waals surface area (Å²) in [4.78, 5) is 23.8. The smallest absolute Gasteiger partial charge is 0.422 e. The molecule has 0 fully saturated rings. The lowest BCUT2D eigenvalue weighted by atomic mass is 10.0. The van der Waals surface area contributed by atoms with Gasteiger partial charge in [-0.3, -0.25) is 4.79 Å². The van der Waals surface area contributed by atoms with Crippen molar-refractivity contribution in [3.63, 3.8) is 0 Å². The minimum absolute atomic E-state index is 0.0190. The zero-order chi connectivity index (χ0) is 20.4. The summed E-state index contributed by atoms with van der Waals surface area (Å²) in [6, 6.07) is 5.03. The molecular formula is C18H25F3N2O4. The number of hydrogen-bond acceptors (Lipinski definition) is 4. The highest BCUT2D eigenvalue weighted by atomic mass is 19.4. The summed E-state index contributed by atoms with van der Waals surface area (Å²) >= 11 is 0. The third-order valence-electron chi connectivity index (χ3n) is 3.38. The molecule has 6 nitrogen and oxygen atoms in total. The van der Waals surface area contributed by atoms with E-state index in [2.05, 4.69) is 15.4 Å². The molecule has 0 radical (unpaired) electrons. The van der Waals surface area contributed by atoms with Crippen LogP contribution in [-0.2, 0) is 4.74 Å². The maximum atomic E-state index is 12.2. The van der Waals surface area contributed by atoms with E-state index < -0.39 is 24.8 Å². The monoisotopic (exact) mass is 390 g/mol. The predicted octanol–water partition coefficient (Wildman–Crippen LogP) is 3.52. The van der Waals surface area contributed by atoms with Crippen LogP contribution in [0.2, 0.25) is 0 Å². The Morgan fingerprint density at radius 3 is 2.30 bits per heavy atom. The van der Waals surface area contributed by atoms with E-state index >= 15 is 0 Å². The van der Waals surface area contributed by atoms with Crippen molar-refractivity contribution < 1.29 is 32.2 Å². The molecule has 1 aromatic carbocycles. The quantitative estimate of drug-likeness (QED) is 0.676. The molecule has 0 spiro atoms. The molecule has 0 aliphatic heterocycles. The molecular weight excluding hydrogens is 365 g/mol. The number of rotatable bonds is 9. The van der Waals surface area contributed by atoms with Crippen molar-refractivity contribution >= 4 is 12.0 Å². The van der Waals surface area contributed by atoms with Gasteiger partial charge in [0.15, 0.2) is 6.61 Å². The van der Waals surface area contributed by atoms with Gasteiger partial charge in [-0.1, -0.05) is 13.8 Å². The minimum atomic E-state index is -4.42. The number of alkyl carbamates (subject to hydrolysis) is 1. The van der Waals surface area contributed by atoms with Gasteiger partial charge in [-0.2, -0.15) is 13.2 Å². The van der Waals surface area contributed by atoms with Crippen molar-refractivity contribution in [2.24, 2.45) is 5.92 Å². The Morgan fingerprint density at radius 1 is 1.15 bits per heavy atom. The van der Waals surface area contributed by atoms with Gasteiger partial charge in [0, 0.05) is 18.2 Å². The molecule has 0 aromatic heterocycles. The minimum Gasteiger partial charge on any atom is -0.484 e. The molecule has 152 valence electrons. The first-order valence-electron chi connectivity index (χ1n) is 8.61. The Balaban J connectivity index is 2.58. The van der Waals surface area contributed by atoms with Crippen LogP contribution in [0, 0.1) is 5.92 Å². The van der Waals surface area contributed by atoms with Gasteiger partial charge >= 0.3 is 12.3 Å². The summed E-state index contributed by atoms with van der Waals surface area (Å²) < 4.78 is 45.8. The zero-order valence-corrected chi connectivity index (χ0v) is 15.6. The van der Waals surface area contributed by atoms with E-state index in [-0.39, 0.29) is 30.5 Å². The third kappa shape index (κ3) is 9.72. The fourth-order valence-corrected chi connectivity index (χ4v) is 2.29. The standard InChI is InChI=1S/C18H25F3N2O4/c1-4-26-17(25)23-14(9-12(2)3)10-22-16(24)13-5-7-15(8-6-13)27-11-18(19,20)21/h5-8,12,14H,4,9-11H2,1-3H3,(H,22,24)(H,23,25). The lowest BCUT2D eigenvalue weighted by molar-refractivity contribution is -0.153. The highest BCUT2D eigenvalue weighted by Crippen LogP contribution is 2.18. The van der Waals surface area contributed by atoms with Crippen LogP contribution in [0.4, 0.5) is 18.0 Å². The van der Waals surface area contributed by atoms with Gasteiger partial charge in [-0.15, -0.1) is 0 Å². The zero-order valence-electron chi connectivity index (χ0n) is 15.6. The fourth-order valence-electron chi connectivity index (χ4n) is 2.29. The summed E-state index contributed by atoms with van der Waals surface area (Å²) in [5.74, 6) is -0.0961. The van der Waals surface area contributed by atoms with Gasteiger partial charge in [0.05, 0.1) is 6.61 Å². The molecule has 0 aliphatic carbocycles. The second kappa shape index (κ2) is 10.6. The Morgan fingerprint density at radius 2 is 1.78 bits per heavy atom. The molecule has 2 N–H and O–H groups in total. The van der Waals surface area contributed by atoms with Crippen LogP contribution in [0.3, 0.4) is 0 Å². The van der Waals surface area contributed by atoms with Crippen molar-refractivity contribution in [2.75, 3.05) is 19.8 Å². The van der Waals surface area contributed by atoms with Crippen molar-refractivity contribution in [2.45, 2.75) is 39.4 Å². The molecule has 1 atom stereocenters. The SMILES string of the molecule is CCOC(=O)NC(CNC(=O)c1ccc(OCC(F)(F)F)cc1)CC(C)C. The highest BCUT2D eigenvalue weighted by Gasteiger charge is 2.28. The van der Waals surface area contributed by atoms with Crippen LogP contribution in [0.25, 0.3) is 0 Å². The number of amides is 2. The average molecular weight is 390 g/mol. The van der Waals surface area contributed by atoms with Crippen molar-refractivity contribution in [3.05, 3.63) is 29.8 Å². The molecule has 9 heteroatoms. The van der Waals surface area contributed by atoms with Crippen LogP contribution in [0.5, 0.6) is 5.75 Å². The fraction of sp³-hybridized carbons (Fsp3) is 0.556. The van der Waals surface area contributed by atoms with Crippen molar-refractivity contribution in [3.8, 4) is 5.75 Å². The third-order valence-corrected chi connectivity index (χ3v) is 3.38. The molecule has 0 saturated heterocycles. The topological polar surface area (TPSA) is 76.7 Å². The Labute approximate surface area is 156 Å². The van der Waals surface area contributed by atoms with Gasteiger partial charge < -0.3 is 20.1 Å². The Hall–Kier alpha value is -2.45. The van der Waals surface area contributed by atoms with Crippen molar-refractivity contribution in [1.29, 1.82) is 0 Å². The lowest BCUT2D eigenvalue weighted by Gasteiger charge is -2.20. The molecule has 0 aliphatic rings. The first kappa shape index (κ1) is 22.6. The van der Waals surface area contributed by atoms with E-state index in [0.717, 1.165) is 0 Å². The summed E-state index contributed by atoms with van der Waals surface area (Å²) in [5.41, 5.74) is 0.272. The molecule has 1 unspecified atom stereocenters. The van der Waals surface area contributed by atoms with Crippen LogP contribution in [0.15, 0.2) is 24.3 Å². The molecule has 27 heavy (non-hydrogen) atoms. The first-order chi connectivity index (χ1) is 12.6. The molecule has 0 saturated carbocycles. The van der Waals surface area contributed by atoms with Gasteiger partial charge in [0.1, 0.15) is 5.75 Å². The lowest BCUT2D eigenvalue weighted by Crippen LogP contribution is -2.44. The van der Waals surface area contributed by atoms with E-state index in [0.29, 0.717) is 12.3 Å². The number of carbonyl (C=O) groups excluding carboxylic acids is 2. The van der Waals surface area contributed by atoms with Crippen LogP contribution < -0.4 is 15.4 Å². The average Bonchev–Trinajstić information content (AvgIpc) is 2.57. The molecule has 2 amide bonds. The number of halogens is 3. The van der Waals surface area contributed by atoms with Crippen molar-refractivity contribution in [1.82, 2.24) is 10.6 Å². The largest absolute Gasteiger partial charge is 0.484 e. The number of benzene rings is 1. The predicted molar refractivity (Wildman–Crippen MR) is 93.7 cm³/mol. The Kier molecular flexibility index (Phi) is 8.90. The maximum absolute atomic E-state index is 12.2. The molecule has 1 aromatic rings. The number of carbonyl (C=O) groups is 2. The van der Waals surface area contributed by atoms with Gasteiger partial charge in [0.25, 0.3) is 5.91 Å². The van der Waals surface area contributed by atoms with Crippen LogP contribution in [-0.4, -0.2) is 44.0 Å². The summed E-state index contributed by atoms with van der Waals surface area (Å²) in [6.45, 7) is 4.72. The van der Waals surface area contributed by atoms with Gasteiger partial charge in [0.2, 0.25) is 0 Å². The van der Waals surface area contributed by atoms with E-state index in [1.165, 1.54) is 24.3 Å². The highest BCUT2D eigenvalue weighted by molar-refractivity contribution is 5.94. The number of alkyl halides is 3. The first-order valence-corrected chi connectivity index (χ1v) is 8.61.